The molecule has 1 aliphatic heterocycles. The maximum absolute atomic E-state index is 5.58. The average molecular weight is 236 g/mol. The molecule has 1 unspecified atom stereocenters. The van der Waals surface area contributed by atoms with E-state index in [-0.39, 0.29) is 0 Å². The predicted molar refractivity (Wildman–Crippen MR) is 68.4 cm³/mol. The van der Waals surface area contributed by atoms with Crippen LogP contribution in [0.4, 0.5) is 11.6 Å². The highest BCUT2D eigenvalue weighted by atomic mass is 16.5. The Labute approximate surface area is 102 Å². The van der Waals surface area contributed by atoms with Crippen molar-refractivity contribution in [3.8, 4) is 0 Å². The minimum absolute atomic E-state index is 0.424. The summed E-state index contributed by atoms with van der Waals surface area (Å²) in [5.74, 6) is 1.78. The van der Waals surface area contributed by atoms with E-state index in [1.807, 2.05) is 14.0 Å². The van der Waals surface area contributed by atoms with Gasteiger partial charge in [0, 0.05) is 25.8 Å². The van der Waals surface area contributed by atoms with Crippen molar-refractivity contribution in [2.75, 3.05) is 30.8 Å². The Morgan fingerprint density at radius 3 is 2.94 bits per heavy atom. The largest absolute Gasteiger partial charge is 0.378 e. The Balaban J connectivity index is 1.85. The fourth-order valence-corrected chi connectivity index (χ4v) is 2.10. The highest BCUT2D eigenvalue weighted by Crippen LogP contribution is 2.19. The monoisotopic (exact) mass is 236 g/mol. The molecule has 2 N–H and O–H groups in total. The third-order valence-corrected chi connectivity index (χ3v) is 3.10. The Hall–Kier alpha value is -1.36. The van der Waals surface area contributed by atoms with Gasteiger partial charge in [0.1, 0.15) is 18.0 Å². The second kappa shape index (κ2) is 5.82. The number of ether oxygens (including phenoxy) is 1. The molecule has 0 saturated carbocycles. The van der Waals surface area contributed by atoms with Crippen molar-refractivity contribution in [2.45, 2.75) is 32.3 Å². The maximum atomic E-state index is 5.58. The quantitative estimate of drug-likeness (QED) is 0.816. The van der Waals surface area contributed by atoms with Gasteiger partial charge in [0.15, 0.2) is 0 Å². The van der Waals surface area contributed by atoms with Crippen molar-refractivity contribution < 1.29 is 4.74 Å². The molecule has 0 amide bonds. The smallest absolute Gasteiger partial charge is 0.134 e. The molecule has 5 heteroatoms. The minimum atomic E-state index is 0.424. The summed E-state index contributed by atoms with van der Waals surface area (Å²) in [5, 5.41) is 6.39. The number of rotatable bonds is 5. The fraction of sp³-hybridized carbons (Fsp3) is 0.667. The first-order valence-corrected chi connectivity index (χ1v) is 6.16. The third kappa shape index (κ3) is 3.06. The van der Waals surface area contributed by atoms with E-state index in [1.165, 1.54) is 12.8 Å². The fourth-order valence-electron chi connectivity index (χ4n) is 2.10. The molecule has 1 aromatic rings. The van der Waals surface area contributed by atoms with Crippen molar-refractivity contribution in [3.63, 3.8) is 0 Å². The van der Waals surface area contributed by atoms with Crippen molar-refractivity contribution in [2.24, 2.45) is 0 Å². The first kappa shape index (κ1) is 12.1. The van der Waals surface area contributed by atoms with E-state index in [2.05, 4.69) is 20.6 Å². The van der Waals surface area contributed by atoms with Gasteiger partial charge in [0.25, 0.3) is 0 Å². The second-order valence-electron chi connectivity index (χ2n) is 4.30. The highest BCUT2D eigenvalue weighted by molar-refractivity contribution is 5.55. The van der Waals surface area contributed by atoms with Crippen molar-refractivity contribution in [1.82, 2.24) is 9.97 Å². The van der Waals surface area contributed by atoms with Crippen LogP contribution < -0.4 is 10.6 Å². The molecule has 1 saturated heterocycles. The lowest BCUT2D eigenvalue weighted by atomic mass is 10.2. The molecule has 0 spiro atoms. The molecule has 1 aromatic heterocycles. The third-order valence-electron chi connectivity index (χ3n) is 3.10. The zero-order chi connectivity index (χ0) is 12.1. The summed E-state index contributed by atoms with van der Waals surface area (Å²) in [6.07, 6.45) is 5.42. The molecule has 5 nitrogen and oxygen atoms in total. The summed E-state index contributed by atoms with van der Waals surface area (Å²) < 4.78 is 5.58. The molecule has 1 fully saturated rings. The Morgan fingerprint density at radius 2 is 2.24 bits per heavy atom. The molecule has 0 radical (unpaired) electrons. The van der Waals surface area contributed by atoms with Crippen LogP contribution >= 0.6 is 0 Å². The van der Waals surface area contributed by atoms with Crippen molar-refractivity contribution >= 4 is 11.6 Å². The average Bonchev–Trinajstić information content (AvgIpc) is 2.84. The molecule has 0 bridgehead atoms. The van der Waals surface area contributed by atoms with Crippen LogP contribution in [0.1, 0.15) is 24.8 Å². The van der Waals surface area contributed by atoms with E-state index >= 15 is 0 Å². The van der Waals surface area contributed by atoms with Gasteiger partial charge in [0.2, 0.25) is 0 Å². The van der Waals surface area contributed by atoms with E-state index < -0.39 is 0 Å². The molecule has 17 heavy (non-hydrogen) atoms. The van der Waals surface area contributed by atoms with Crippen LogP contribution in [0.15, 0.2) is 6.33 Å². The number of hydrogen-bond donors (Lipinski definition) is 2. The van der Waals surface area contributed by atoms with Crippen LogP contribution in [0.25, 0.3) is 0 Å². The molecule has 1 atom stereocenters. The maximum Gasteiger partial charge on any atom is 0.134 e. The van der Waals surface area contributed by atoms with Gasteiger partial charge in [-0.25, -0.2) is 9.97 Å². The van der Waals surface area contributed by atoms with Gasteiger partial charge in [-0.05, 0) is 26.2 Å². The Morgan fingerprint density at radius 1 is 1.41 bits per heavy atom. The van der Waals surface area contributed by atoms with Crippen LogP contribution in [0.5, 0.6) is 0 Å². The summed E-state index contributed by atoms with van der Waals surface area (Å²) in [6, 6.07) is 0. The lowest BCUT2D eigenvalue weighted by Crippen LogP contribution is -2.14. The summed E-state index contributed by atoms with van der Waals surface area (Å²) in [6.45, 7) is 3.83. The van der Waals surface area contributed by atoms with Crippen LogP contribution in [-0.4, -0.2) is 36.3 Å². The van der Waals surface area contributed by atoms with Gasteiger partial charge < -0.3 is 15.4 Å². The summed E-state index contributed by atoms with van der Waals surface area (Å²) in [7, 11) is 1.87. The standard InChI is InChI=1S/C12H20N4O/c1-9-11(13-2)15-8-16-12(9)14-6-5-10-4-3-7-17-10/h8,10H,3-7H2,1-2H3,(H2,13,14,15,16). The lowest BCUT2D eigenvalue weighted by Gasteiger charge is -2.13. The van der Waals surface area contributed by atoms with E-state index in [9.17, 15) is 0 Å². The Bertz CT molecular complexity index is 364. The van der Waals surface area contributed by atoms with Gasteiger partial charge >= 0.3 is 0 Å². The number of aromatic nitrogens is 2. The van der Waals surface area contributed by atoms with Crippen molar-refractivity contribution in [3.05, 3.63) is 11.9 Å². The first-order chi connectivity index (χ1) is 8.31. The van der Waals surface area contributed by atoms with Gasteiger partial charge in [-0.15, -0.1) is 0 Å². The highest BCUT2D eigenvalue weighted by Gasteiger charge is 2.15. The number of nitrogens with one attached hydrogen (secondary N) is 2. The molecule has 0 aliphatic carbocycles. The SMILES string of the molecule is CNc1ncnc(NCCC2CCCO2)c1C. The molecule has 2 rings (SSSR count). The topological polar surface area (TPSA) is 59.1 Å². The van der Waals surface area contributed by atoms with Gasteiger partial charge in [-0.2, -0.15) is 0 Å². The van der Waals surface area contributed by atoms with E-state index in [0.717, 1.165) is 36.8 Å². The normalized spacial score (nSPS) is 19.3. The number of hydrogen-bond acceptors (Lipinski definition) is 5. The second-order valence-corrected chi connectivity index (χ2v) is 4.30. The van der Waals surface area contributed by atoms with Crippen LogP contribution in [0, 0.1) is 6.92 Å². The van der Waals surface area contributed by atoms with Gasteiger partial charge in [-0.3, -0.25) is 0 Å². The minimum Gasteiger partial charge on any atom is -0.378 e. The molecule has 1 aliphatic rings. The zero-order valence-electron chi connectivity index (χ0n) is 10.5. The van der Waals surface area contributed by atoms with Gasteiger partial charge in [0.05, 0.1) is 6.10 Å². The molecule has 2 heterocycles. The lowest BCUT2D eigenvalue weighted by molar-refractivity contribution is 0.107. The summed E-state index contributed by atoms with van der Waals surface area (Å²) in [5.41, 5.74) is 1.06. The Kier molecular flexibility index (Phi) is 4.14. The summed E-state index contributed by atoms with van der Waals surface area (Å²) >= 11 is 0. The predicted octanol–water partition coefficient (Wildman–Crippen LogP) is 1.81. The van der Waals surface area contributed by atoms with E-state index in [0.29, 0.717) is 6.10 Å². The number of anilines is 2. The van der Waals surface area contributed by atoms with Crippen LogP contribution in [0.2, 0.25) is 0 Å². The summed E-state index contributed by atoms with van der Waals surface area (Å²) in [4.78, 5) is 8.40. The zero-order valence-corrected chi connectivity index (χ0v) is 10.5. The molecular formula is C12H20N4O. The number of nitrogens with zero attached hydrogens (tertiary/aromatic N) is 2. The molecule has 0 aromatic carbocycles. The van der Waals surface area contributed by atoms with Crippen LogP contribution in [-0.2, 0) is 4.74 Å². The van der Waals surface area contributed by atoms with Crippen LogP contribution in [0.3, 0.4) is 0 Å². The first-order valence-electron chi connectivity index (χ1n) is 6.16. The molecular weight excluding hydrogens is 216 g/mol. The molecule has 94 valence electrons. The van der Waals surface area contributed by atoms with Gasteiger partial charge in [-0.1, -0.05) is 0 Å². The van der Waals surface area contributed by atoms with E-state index in [4.69, 9.17) is 4.74 Å². The van der Waals surface area contributed by atoms with E-state index in [1.54, 1.807) is 6.33 Å². The van der Waals surface area contributed by atoms with Crippen molar-refractivity contribution in [1.29, 1.82) is 0 Å².